The van der Waals surface area contributed by atoms with E-state index in [4.69, 9.17) is 0 Å². The van der Waals surface area contributed by atoms with E-state index in [1.807, 2.05) is 20.8 Å². The van der Waals surface area contributed by atoms with E-state index in [0.717, 1.165) is 13.0 Å². The number of carbonyl (C=O) groups excluding carboxylic acids is 1. The molecule has 1 heterocycles. The second-order valence-electron chi connectivity index (χ2n) is 5.23. The molecular formula is C13H24N2O3. The smallest absolute Gasteiger partial charge is 0.326 e. The van der Waals surface area contributed by atoms with Gasteiger partial charge in [0, 0.05) is 19.0 Å². The first-order valence-electron chi connectivity index (χ1n) is 6.71. The average molecular weight is 256 g/mol. The maximum Gasteiger partial charge on any atom is 0.326 e. The summed E-state index contributed by atoms with van der Waals surface area (Å²) in [7, 11) is 0. The molecule has 0 radical (unpaired) electrons. The molecule has 0 aromatic rings. The van der Waals surface area contributed by atoms with Gasteiger partial charge in [-0.3, -0.25) is 4.79 Å². The van der Waals surface area contributed by atoms with Gasteiger partial charge in [-0.1, -0.05) is 13.8 Å². The first-order chi connectivity index (χ1) is 8.45. The van der Waals surface area contributed by atoms with Crippen LogP contribution in [0.5, 0.6) is 0 Å². The van der Waals surface area contributed by atoms with E-state index in [1.54, 1.807) is 0 Å². The molecular weight excluding hydrogens is 232 g/mol. The van der Waals surface area contributed by atoms with Crippen LogP contribution in [0, 0.1) is 5.92 Å². The number of amides is 1. The standard InChI is InChI=1S/C13H24N2O3/c1-4-14-10(3)8-12(16)15-6-5-9(2)7-11(15)13(17)18/h9-11,14H,4-8H2,1-3H3,(H,17,18). The number of nitrogens with one attached hydrogen (secondary N) is 1. The van der Waals surface area contributed by atoms with Crippen LogP contribution < -0.4 is 5.32 Å². The number of nitrogens with zero attached hydrogens (tertiary/aromatic N) is 1. The lowest BCUT2D eigenvalue weighted by Gasteiger charge is -2.36. The lowest BCUT2D eigenvalue weighted by molar-refractivity contribution is -0.153. The van der Waals surface area contributed by atoms with Gasteiger partial charge in [-0.2, -0.15) is 0 Å². The monoisotopic (exact) mass is 256 g/mol. The van der Waals surface area contributed by atoms with Gasteiger partial charge in [0.2, 0.25) is 5.91 Å². The van der Waals surface area contributed by atoms with Crippen molar-refractivity contribution < 1.29 is 14.7 Å². The second-order valence-corrected chi connectivity index (χ2v) is 5.23. The summed E-state index contributed by atoms with van der Waals surface area (Å²) in [6, 6.07) is -0.550. The minimum absolute atomic E-state index is 0.0530. The number of carboxylic acids is 1. The van der Waals surface area contributed by atoms with Gasteiger partial charge in [-0.05, 0) is 32.2 Å². The summed E-state index contributed by atoms with van der Waals surface area (Å²) in [5.74, 6) is -0.560. The Hall–Kier alpha value is -1.10. The molecule has 1 amide bonds. The summed E-state index contributed by atoms with van der Waals surface area (Å²) in [6.07, 6.45) is 1.83. The average Bonchev–Trinajstić information content (AvgIpc) is 2.28. The Balaban J connectivity index is 2.61. The molecule has 104 valence electrons. The molecule has 1 aliphatic heterocycles. The number of hydrogen-bond donors (Lipinski definition) is 2. The zero-order chi connectivity index (χ0) is 13.7. The topological polar surface area (TPSA) is 69.6 Å². The molecule has 2 N–H and O–H groups in total. The lowest BCUT2D eigenvalue weighted by atomic mass is 9.92. The van der Waals surface area contributed by atoms with Crippen molar-refractivity contribution in [3.05, 3.63) is 0 Å². The fourth-order valence-electron chi connectivity index (χ4n) is 2.47. The van der Waals surface area contributed by atoms with Crippen molar-refractivity contribution in [1.82, 2.24) is 10.2 Å². The number of rotatable bonds is 5. The van der Waals surface area contributed by atoms with E-state index in [1.165, 1.54) is 4.90 Å². The quantitative estimate of drug-likeness (QED) is 0.772. The molecule has 3 unspecified atom stereocenters. The van der Waals surface area contributed by atoms with Crippen LogP contribution in [0.15, 0.2) is 0 Å². The van der Waals surface area contributed by atoms with Gasteiger partial charge in [-0.15, -0.1) is 0 Å². The minimum Gasteiger partial charge on any atom is -0.480 e. The second kappa shape index (κ2) is 6.73. The minimum atomic E-state index is -0.883. The van der Waals surface area contributed by atoms with Crippen molar-refractivity contribution in [2.75, 3.05) is 13.1 Å². The largest absolute Gasteiger partial charge is 0.480 e. The zero-order valence-corrected chi connectivity index (χ0v) is 11.5. The molecule has 1 rings (SSSR count). The van der Waals surface area contributed by atoms with Crippen LogP contribution in [0.3, 0.4) is 0 Å². The van der Waals surface area contributed by atoms with Gasteiger partial charge in [0.1, 0.15) is 6.04 Å². The number of likely N-dealkylation sites (tertiary alicyclic amines) is 1. The van der Waals surface area contributed by atoms with Gasteiger partial charge >= 0.3 is 5.97 Å². The van der Waals surface area contributed by atoms with Crippen molar-refractivity contribution in [2.24, 2.45) is 5.92 Å². The molecule has 5 heteroatoms. The van der Waals surface area contributed by atoms with Gasteiger partial charge in [-0.25, -0.2) is 4.79 Å². The van der Waals surface area contributed by atoms with Crippen LogP contribution in [0.1, 0.15) is 40.0 Å². The predicted molar refractivity (Wildman–Crippen MR) is 69.3 cm³/mol. The summed E-state index contributed by atoms with van der Waals surface area (Å²) < 4.78 is 0. The normalized spacial score (nSPS) is 25.8. The van der Waals surface area contributed by atoms with Gasteiger partial charge < -0.3 is 15.3 Å². The third kappa shape index (κ3) is 3.98. The summed E-state index contributed by atoms with van der Waals surface area (Å²) in [5, 5.41) is 12.4. The first-order valence-corrected chi connectivity index (χ1v) is 6.71. The van der Waals surface area contributed by atoms with Crippen LogP contribution in [0.25, 0.3) is 0 Å². The Labute approximate surface area is 109 Å². The molecule has 0 saturated carbocycles. The van der Waals surface area contributed by atoms with Crippen molar-refractivity contribution >= 4 is 11.9 Å². The van der Waals surface area contributed by atoms with E-state index < -0.39 is 12.0 Å². The van der Waals surface area contributed by atoms with Crippen molar-refractivity contribution in [3.8, 4) is 0 Å². The third-order valence-corrected chi connectivity index (χ3v) is 3.50. The Kier molecular flexibility index (Phi) is 5.59. The molecule has 18 heavy (non-hydrogen) atoms. The molecule has 0 spiro atoms. The predicted octanol–water partition coefficient (Wildman–Crippen LogP) is 1.09. The summed E-state index contributed by atoms with van der Waals surface area (Å²) in [4.78, 5) is 24.9. The van der Waals surface area contributed by atoms with E-state index >= 15 is 0 Å². The van der Waals surface area contributed by atoms with Gasteiger partial charge in [0.05, 0.1) is 0 Å². The highest BCUT2D eigenvalue weighted by Gasteiger charge is 2.34. The lowest BCUT2D eigenvalue weighted by Crippen LogP contribution is -2.51. The van der Waals surface area contributed by atoms with Crippen molar-refractivity contribution in [3.63, 3.8) is 0 Å². The molecule has 3 atom stereocenters. The molecule has 0 bridgehead atoms. The van der Waals surface area contributed by atoms with E-state index in [-0.39, 0.29) is 11.9 Å². The highest BCUT2D eigenvalue weighted by Crippen LogP contribution is 2.23. The van der Waals surface area contributed by atoms with Crippen LogP contribution in [-0.2, 0) is 9.59 Å². The Morgan fingerprint density at radius 2 is 2.17 bits per heavy atom. The molecule has 0 aliphatic carbocycles. The van der Waals surface area contributed by atoms with Crippen LogP contribution >= 0.6 is 0 Å². The maximum absolute atomic E-state index is 12.1. The summed E-state index contributed by atoms with van der Waals surface area (Å²) >= 11 is 0. The van der Waals surface area contributed by atoms with Crippen molar-refractivity contribution in [2.45, 2.75) is 52.1 Å². The van der Waals surface area contributed by atoms with Gasteiger partial charge in [0.25, 0.3) is 0 Å². The van der Waals surface area contributed by atoms with Crippen LogP contribution in [0.4, 0.5) is 0 Å². The summed E-state index contributed by atoms with van der Waals surface area (Å²) in [5.41, 5.74) is 0. The molecule has 0 aromatic carbocycles. The fraction of sp³-hybridized carbons (Fsp3) is 0.846. The van der Waals surface area contributed by atoms with Crippen LogP contribution in [-0.4, -0.2) is 47.1 Å². The maximum atomic E-state index is 12.1. The zero-order valence-electron chi connectivity index (χ0n) is 11.5. The Morgan fingerprint density at radius 1 is 1.50 bits per heavy atom. The Bertz CT molecular complexity index is 307. The highest BCUT2D eigenvalue weighted by molar-refractivity contribution is 5.84. The summed E-state index contributed by atoms with van der Waals surface area (Å²) in [6.45, 7) is 7.36. The molecule has 1 aliphatic rings. The number of carbonyl (C=O) groups is 2. The molecule has 1 fully saturated rings. The third-order valence-electron chi connectivity index (χ3n) is 3.50. The number of aliphatic carboxylic acids is 1. The van der Waals surface area contributed by atoms with E-state index in [9.17, 15) is 14.7 Å². The molecule has 1 saturated heterocycles. The molecule has 0 aromatic heterocycles. The Morgan fingerprint density at radius 3 is 2.72 bits per heavy atom. The fourth-order valence-corrected chi connectivity index (χ4v) is 2.47. The van der Waals surface area contributed by atoms with E-state index in [0.29, 0.717) is 25.3 Å². The highest BCUT2D eigenvalue weighted by atomic mass is 16.4. The van der Waals surface area contributed by atoms with Gasteiger partial charge in [0.15, 0.2) is 0 Å². The SMILES string of the molecule is CCNC(C)CC(=O)N1CCC(C)CC1C(=O)O. The number of hydrogen-bond acceptors (Lipinski definition) is 3. The molecule has 5 nitrogen and oxygen atoms in total. The van der Waals surface area contributed by atoms with E-state index in [2.05, 4.69) is 5.32 Å². The first kappa shape index (κ1) is 15.0. The van der Waals surface area contributed by atoms with Crippen molar-refractivity contribution in [1.29, 1.82) is 0 Å². The number of piperidine rings is 1. The van der Waals surface area contributed by atoms with Crippen LogP contribution in [0.2, 0.25) is 0 Å². The number of carboxylic acid groups (broad SMARTS) is 1.